The van der Waals surface area contributed by atoms with Crippen molar-refractivity contribution in [2.24, 2.45) is 0 Å². The highest BCUT2D eigenvalue weighted by atomic mass is 35.5. The number of carbonyl (C=O) groups is 1. The molecule has 31 heavy (non-hydrogen) atoms. The Labute approximate surface area is 187 Å². The molecule has 0 radical (unpaired) electrons. The predicted octanol–water partition coefficient (Wildman–Crippen LogP) is 4.22. The number of halogens is 1. The van der Waals surface area contributed by atoms with Crippen LogP contribution in [0.4, 0.5) is 5.69 Å². The van der Waals surface area contributed by atoms with E-state index in [1.54, 1.807) is 39.7 Å². The number of nitrogens with one attached hydrogen (secondary N) is 1. The van der Waals surface area contributed by atoms with Crippen LogP contribution in [0.3, 0.4) is 0 Å². The maximum absolute atomic E-state index is 13.3. The second kappa shape index (κ2) is 7.86. The van der Waals surface area contributed by atoms with Gasteiger partial charge in [0.05, 0.1) is 17.9 Å². The van der Waals surface area contributed by atoms with Crippen LogP contribution < -0.4 is 10.9 Å². The highest BCUT2D eigenvalue weighted by Crippen LogP contribution is 2.33. The van der Waals surface area contributed by atoms with E-state index in [1.165, 1.54) is 11.8 Å². The van der Waals surface area contributed by atoms with Gasteiger partial charge < -0.3 is 5.32 Å². The Kier molecular flexibility index (Phi) is 5.03. The number of thioether (sulfide) groups is 1. The summed E-state index contributed by atoms with van der Waals surface area (Å²) in [5, 5.41) is 8.86. The number of nitrogens with zero attached hydrogens (tertiary/aromatic N) is 4. The third-order valence-electron chi connectivity index (χ3n) is 5.24. The topological polar surface area (TPSA) is 81.8 Å². The number of benzene rings is 2. The molecular weight excluding hydrogens is 434 g/mol. The highest BCUT2D eigenvalue weighted by Gasteiger charge is 2.29. The summed E-state index contributed by atoms with van der Waals surface area (Å²) in [4.78, 5) is 30.6. The predicted molar refractivity (Wildman–Crippen MR) is 122 cm³/mol. The van der Waals surface area contributed by atoms with Crippen molar-refractivity contribution in [2.45, 2.75) is 24.5 Å². The maximum atomic E-state index is 13.3. The van der Waals surface area contributed by atoms with Crippen molar-refractivity contribution in [3.05, 3.63) is 75.7 Å². The van der Waals surface area contributed by atoms with Gasteiger partial charge in [-0.1, -0.05) is 47.6 Å². The largest absolute Gasteiger partial charge is 0.326 e. The standard InChI is InChI=1S/C22H18ClN5O2S/c1-13-5-2-3-8-18(13)28-20-17(11-24-28)21(30)27-16(12-31-22(27)26-20)10-19(29)25-15-7-4-6-14(23)9-15/h2-9,11,16H,10,12H2,1H3,(H,25,29). The first-order valence-electron chi connectivity index (χ1n) is 9.76. The summed E-state index contributed by atoms with van der Waals surface area (Å²) in [5.41, 5.74) is 2.91. The molecule has 1 atom stereocenters. The fourth-order valence-corrected chi connectivity index (χ4v) is 5.07. The minimum Gasteiger partial charge on any atom is -0.326 e. The normalized spacial score (nSPS) is 15.2. The Morgan fingerprint density at radius 1 is 1.26 bits per heavy atom. The molecule has 3 heterocycles. The molecule has 5 rings (SSSR count). The zero-order valence-corrected chi connectivity index (χ0v) is 18.2. The number of hydrogen-bond acceptors (Lipinski definition) is 5. The van der Waals surface area contributed by atoms with Gasteiger partial charge in [-0.15, -0.1) is 0 Å². The number of anilines is 1. The summed E-state index contributed by atoms with van der Waals surface area (Å²) in [6.45, 7) is 1.99. The summed E-state index contributed by atoms with van der Waals surface area (Å²) >= 11 is 7.46. The Morgan fingerprint density at radius 3 is 2.90 bits per heavy atom. The fourth-order valence-electron chi connectivity index (χ4n) is 3.75. The number of amides is 1. The summed E-state index contributed by atoms with van der Waals surface area (Å²) < 4.78 is 3.32. The molecule has 7 nitrogen and oxygen atoms in total. The van der Waals surface area contributed by atoms with E-state index in [-0.39, 0.29) is 23.9 Å². The van der Waals surface area contributed by atoms with E-state index in [4.69, 9.17) is 16.6 Å². The van der Waals surface area contributed by atoms with Crippen molar-refractivity contribution in [3.8, 4) is 5.69 Å². The molecule has 0 fully saturated rings. The number of carbonyl (C=O) groups excluding carboxylic acids is 1. The van der Waals surface area contributed by atoms with Crippen molar-refractivity contribution in [1.82, 2.24) is 19.3 Å². The summed E-state index contributed by atoms with van der Waals surface area (Å²) in [6.07, 6.45) is 1.72. The van der Waals surface area contributed by atoms with Crippen LogP contribution in [0.5, 0.6) is 0 Å². The molecule has 0 saturated carbocycles. The van der Waals surface area contributed by atoms with Crippen molar-refractivity contribution in [3.63, 3.8) is 0 Å². The van der Waals surface area contributed by atoms with Gasteiger partial charge in [-0.05, 0) is 36.8 Å². The monoisotopic (exact) mass is 451 g/mol. The van der Waals surface area contributed by atoms with Gasteiger partial charge in [0, 0.05) is 22.9 Å². The molecule has 1 amide bonds. The van der Waals surface area contributed by atoms with E-state index in [0.29, 0.717) is 32.7 Å². The van der Waals surface area contributed by atoms with Gasteiger partial charge in [0.2, 0.25) is 5.91 Å². The van der Waals surface area contributed by atoms with E-state index >= 15 is 0 Å². The van der Waals surface area contributed by atoms with Gasteiger partial charge in [0.1, 0.15) is 5.39 Å². The summed E-state index contributed by atoms with van der Waals surface area (Å²) in [5.74, 6) is 0.429. The number of hydrogen-bond donors (Lipinski definition) is 1. The molecule has 1 N–H and O–H groups in total. The van der Waals surface area contributed by atoms with Crippen LogP contribution in [0.2, 0.25) is 5.02 Å². The lowest BCUT2D eigenvalue weighted by Crippen LogP contribution is -2.27. The van der Waals surface area contributed by atoms with Crippen LogP contribution in [-0.2, 0) is 4.79 Å². The van der Waals surface area contributed by atoms with E-state index in [1.807, 2.05) is 31.2 Å². The van der Waals surface area contributed by atoms with Crippen molar-refractivity contribution >= 4 is 46.0 Å². The molecule has 0 saturated heterocycles. The van der Waals surface area contributed by atoms with E-state index in [9.17, 15) is 9.59 Å². The van der Waals surface area contributed by atoms with Gasteiger partial charge in [0.25, 0.3) is 5.56 Å². The van der Waals surface area contributed by atoms with Crippen LogP contribution in [0.1, 0.15) is 18.0 Å². The molecule has 2 aromatic heterocycles. The molecule has 1 unspecified atom stereocenters. The quantitative estimate of drug-likeness (QED) is 0.470. The Hall–Kier alpha value is -3.10. The fraction of sp³-hybridized carbons (Fsp3) is 0.182. The maximum Gasteiger partial charge on any atom is 0.265 e. The number of para-hydroxylation sites is 1. The zero-order valence-electron chi connectivity index (χ0n) is 16.6. The molecule has 2 aromatic carbocycles. The minimum absolute atomic E-state index is 0.172. The first kappa shape index (κ1) is 19.8. The average Bonchev–Trinajstić information content (AvgIpc) is 3.33. The van der Waals surface area contributed by atoms with E-state index < -0.39 is 0 Å². The van der Waals surface area contributed by atoms with Crippen LogP contribution >= 0.6 is 23.4 Å². The van der Waals surface area contributed by atoms with Crippen molar-refractivity contribution in [1.29, 1.82) is 0 Å². The zero-order chi connectivity index (χ0) is 21.5. The average molecular weight is 452 g/mol. The molecule has 4 aromatic rings. The molecular formula is C22H18ClN5O2S. The lowest BCUT2D eigenvalue weighted by molar-refractivity contribution is -0.116. The van der Waals surface area contributed by atoms with Crippen molar-refractivity contribution in [2.75, 3.05) is 11.1 Å². The Morgan fingerprint density at radius 2 is 2.10 bits per heavy atom. The number of aromatic nitrogens is 4. The van der Waals surface area contributed by atoms with Gasteiger partial charge >= 0.3 is 0 Å². The summed E-state index contributed by atoms with van der Waals surface area (Å²) in [6, 6.07) is 14.5. The molecule has 9 heteroatoms. The summed E-state index contributed by atoms with van der Waals surface area (Å²) in [7, 11) is 0. The molecule has 0 bridgehead atoms. The lowest BCUT2D eigenvalue weighted by Gasteiger charge is -2.14. The minimum atomic E-state index is -0.273. The number of aryl methyl sites for hydroxylation is 1. The van der Waals surface area contributed by atoms with Crippen LogP contribution in [-0.4, -0.2) is 31.0 Å². The third kappa shape index (κ3) is 3.62. The van der Waals surface area contributed by atoms with E-state index in [2.05, 4.69) is 10.4 Å². The molecule has 156 valence electrons. The Balaban J connectivity index is 1.46. The smallest absolute Gasteiger partial charge is 0.265 e. The molecule has 0 spiro atoms. The second-order valence-corrected chi connectivity index (χ2v) is 8.80. The molecule has 1 aliphatic rings. The van der Waals surface area contributed by atoms with E-state index in [0.717, 1.165) is 11.3 Å². The van der Waals surface area contributed by atoms with Crippen LogP contribution in [0, 0.1) is 6.92 Å². The SMILES string of the molecule is Cc1ccccc1-n1ncc2c(=O)n3c(nc21)SCC3CC(=O)Nc1cccc(Cl)c1. The Bertz CT molecular complexity index is 1380. The number of fused-ring (bicyclic) bond motifs is 2. The van der Waals surface area contributed by atoms with Gasteiger partial charge in [-0.2, -0.15) is 5.10 Å². The lowest BCUT2D eigenvalue weighted by atomic mass is 10.2. The van der Waals surface area contributed by atoms with Crippen molar-refractivity contribution < 1.29 is 4.79 Å². The molecule has 0 aliphatic carbocycles. The number of rotatable bonds is 4. The third-order valence-corrected chi connectivity index (χ3v) is 6.58. The molecule has 1 aliphatic heterocycles. The second-order valence-electron chi connectivity index (χ2n) is 7.38. The van der Waals surface area contributed by atoms with Gasteiger partial charge in [0.15, 0.2) is 10.8 Å². The first-order valence-corrected chi connectivity index (χ1v) is 11.1. The van der Waals surface area contributed by atoms with Crippen LogP contribution in [0.15, 0.2) is 64.7 Å². The first-order chi connectivity index (χ1) is 15.0. The van der Waals surface area contributed by atoms with Crippen LogP contribution in [0.25, 0.3) is 16.7 Å². The van der Waals surface area contributed by atoms with Gasteiger partial charge in [-0.3, -0.25) is 14.2 Å². The van der Waals surface area contributed by atoms with Gasteiger partial charge in [-0.25, -0.2) is 9.67 Å². The highest BCUT2D eigenvalue weighted by molar-refractivity contribution is 7.99.